The van der Waals surface area contributed by atoms with Crippen LogP contribution in [0.3, 0.4) is 0 Å². The van der Waals surface area contributed by atoms with Crippen molar-refractivity contribution in [1.82, 2.24) is 4.98 Å². The molecule has 0 saturated carbocycles. The molecule has 0 N–H and O–H groups in total. The van der Waals surface area contributed by atoms with Crippen LogP contribution >= 0.6 is 27.5 Å². The van der Waals surface area contributed by atoms with Gasteiger partial charge < -0.3 is 4.90 Å². The highest BCUT2D eigenvalue weighted by Crippen LogP contribution is 2.29. The first kappa shape index (κ1) is 14.8. The quantitative estimate of drug-likeness (QED) is 0.723. The van der Waals surface area contributed by atoms with Gasteiger partial charge >= 0.3 is 0 Å². The first-order valence-electron chi connectivity index (χ1n) is 6.09. The van der Waals surface area contributed by atoms with Gasteiger partial charge in [-0.1, -0.05) is 13.8 Å². The molecule has 0 radical (unpaired) electrons. The van der Waals surface area contributed by atoms with Crippen molar-refractivity contribution in [2.45, 2.75) is 39.7 Å². The first-order chi connectivity index (χ1) is 8.15. The largest absolute Gasteiger partial charge is 0.352 e. The van der Waals surface area contributed by atoms with Crippen LogP contribution < -0.4 is 4.90 Å². The monoisotopic (exact) mass is 318 g/mol. The molecule has 1 aromatic heterocycles. The van der Waals surface area contributed by atoms with E-state index < -0.39 is 0 Å². The Morgan fingerprint density at radius 1 is 1.41 bits per heavy atom. The summed E-state index contributed by atoms with van der Waals surface area (Å²) in [6, 6.07) is 2.51. The molecule has 0 aliphatic rings. The van der Waals surface area contributed by atoms with E-state index in [4.69, 9.17) is 11.6 Å². The minimum atomic E-state index is 0.499. The molecule has 0 spiro atoms. The number of aromatic nitrogens is 1. The van der Waals surface area contributed by atoms with Gasteiger partial charge in [-0.2, -0.15) is 0 Å². The molecule has 0 bridgehead atoms. The van der Waals surface area contributed by atoms with E-state index >= 15 is 0 Å². The zero-order chi connectivity index (χ0) is 12.8. The molecular formula is C13H20BrClN2. The molecule has 0 aliphatic heterocycles. The van der Waals surface area contributed by atoms with Gasteiger partial charge in [0.15, 0.2) is 0 Å². The van der Waals surface area contributed by atoms with Crippen LogP contribution in [0.2, 0.25) is 0 Å². The van der Waals surface area contributed by atoms with E-state index in [1.165, 1.54) is 5.56 Å². The lowest BCUT2D eigenvalue weighted by molar-refractivity contribution is 0.561. The van der Waals surface area contributed by atoms with Crippen LogP contribution in [0.1, 0.15) is 32.3 Å². The van der Waals surface area contributed by atoms with Gasteiger partial charge in [-0.3, -0.25) is 0 Å². The van der Waals surface area contributed by atoms with Crippen LogP contribution in [-0.2, 0) is 0 Å². The zero-order valence-corrected chi connectivity index (χ0v) is 13.1. The summed E-state index contributed by atoms with van der Waals surface area (Å²) in [5, 5.41) is 0. The predicted octanol–water partition coefficient (Wildman–Crippen LogP) is 4.39. The molecule has 0 aromatic carbocycles. The second-order valence-corrected chi connectivity index (χ2v) is 5.29. The third-order valence-electron chi connectivity index (χ3n) is 3.04. The summed E-state index contributed by atoms with van der Waals surface area (Å²) in [5.74, 6) is 1.64. The number of aryl methyl sites for hydroxylation is 1. The molecule has 0 amide bonds. The normalized spacial score (nSPS) is 10.9. The van der Waals surface area contributed by atoms with Crippen molar-refractivity contribution >= 4 is 33.3 Å². The maximum atomic E-state index is 5.91. The summed E-state index contributed by atoms with van der Waals surface area (Å²) in [4.78, 5) is 6.80. The lowest BCUT2D eigenvalue weighted by atomic mass is 10.1. The van der Waals surface area contributed by atoms with Crippen molar-refractivity contribution in [2.24, 2.45) is 0 Å². The highest BCUT2D eigenvalue weighted by atomic mass is 79.9. The van der Waals surface area contributed by atoms with E-state index in [-0.39, 0.29) is 0 Å². The average Bonchev–Trinajstić information content (AvgIpc) is 2.33. The van der Waals surface area contributed by atoms with Crippen molar-refractivity contribution in [1.29, 1.82) is 0 Å². The summed E-state index contributed by atoms with van der Waals surface area (Å²) in [7, 11) is 0. The van der Waals surface area contributed by atoms with Crippen LogP contribution in [-0.4, -0.2) is 23.5 Å². The lowest BCUT2D eigenvalue weighted by Crippen LogP contribution is -2.37. The Kier molecular flexibility index (Phi) is 6.28. The molecule has 4 heteroatoms. The second kappa shape index (κ2) is 7.22. The fraction of sp³-hybridized carbons (Fsp3) is 0.615. The fourth-order valence-electron chi connectivity index (χ4n) is 2.01. The zero-order valence-electron chi connectivity index (χ0n) is 10.7. The molecule has 2 nitrogen and oxygen atoms in total. The summed E-state index contributed by atoms with van der Waals surface area (Å²) in [5.41, 5.74) is 1.21. The number of alkyl halides is 1. The third kappa shape index (κ3) is 3.59. The molecule has 1 aromatic rings. The number of halogens is 2. The number of hydrogen-bond acceptors (Lipinski definition) is 2. The summed E-state index contributed by atoms with van der Waals surface area (Å²) < 4.78 is 1.08. The smallest absolute Gasteiger partial charge is 0.143 e. The van der Waals surface area contributed by atoms with Gasteiger partial charge in [0.1, 0.15) is 5.82 Å². The summed E-state index contributed by atoms with van der Waals surface area (Å²) >= 11 is 9.54. The van der Waals surface area contributed by atoms with Gasteiger partial charge in [0.25, 0.3) is 0 Å². The molecule has 0 saturated heterocycles. The van der Waals surface area contributed by atoms with Crippen LogP contribution in [0, 0.1) is 6.92 Å². The topological polar surface area (TPSA) is 16.1 Å². The average molecular weight is 320 g/mol. The molecule has 0 atom stereocenters. The van der Waals surface area contributed by atoms with E-state index in [0.29, 0.717) is 11.9 Å². The minimum absolute atomic E-state index is 0.499. The highest BCUT2D eigenvalue weighted by molar-refractivity contribution is 9.10. The van der Waals surface area contributed by atoms with Gasteiger partial charge in [-0.25, -0.2) is 4.98 Å². The molecule has 1 rings (SSSR count). The number of rotatable bonds is 6. The molecule has 17 heavy (non-hydrogen) atoms. The fourth-order valence-corrected chi connectivity index (χ4v) is 2.65. The second-order valence-electron chi connectivity index (χ2n) is 4.12. The van der Waals surface area contributed by atoms with Crippen LogP contribution in [0.4, 0.5) is 5.82 Å². The van der Waals surface area contributed by atoms with Crippen LogP contribution in [0.15, 0.2) is 16.7 Å². The van der Waals surface area contributed by atoms with E-state index in [0.717, 1.165) is 29.7 Å². The van der Waals surface area contributed by atoms with Crippen LogP contribution in [0.25, 0.3) is 0 Å². The van der Waals surface area contributed by atoms with E-state index in [1.54, 1.807) is 0 Å². The lowest BCUT2D eigenvalue weighted by Gasteiger charge is -2.32. The van der Waals surface area contributed by atoms with E-state index in [2.05, 4.69) is 46.6 Å². The molecular weight excluding hydrogens is 300 g/mol. The number of pyridine rings is 1. The molecule has 96 valence electrons. The Hall–Kier alpha value is -0.280. The maximum absolute atomic E-state index is 5.91. The van der Waals surface area contributed by atoms with Crippen molar-refractivity contribution in [3.05, 3.63) is 22.3 Å². The minimum Gasteiger partial charge on any atom is -0.352 e. The SMILES string of the molecule is CCC(CC)N(CCCl)c1nccc(C)c1Br. The van der Waals surface area contributed by atoms with Crippen LogP contribution in [0.5, 0.6) is 0 Å². The van der Waals surface area contributed by atoms with Crippen molar-refractivity contribution in [3.8, 4) is 0 Å². The van der Waals surface area contributed by atoms with Gasteiger partial charge in [0, 0.05) is 24.7 Å². The molecule has 1 heterocycles. The van der Waals surface area contributed by atoms with Gasteiger partial charge in [0.05, 0.1) is 4.47 Å². The summed E-state index contributed by atoms with van der Waals surface area (Å²) in [6.07, 6.45) is 4.07. The van der Waals surface area contributed by atoms with E-state index in [1.807, 2.05) is 12.3 Å². The maximum Gasteiger partial charge on any atom is 0.143 e. The molecule has 0 aliphatic carbocycles. The third-order valence-corrected chi connectivity index (χ3v) is 4.19. The van der Waals surface area contributed by atoms with Crippen molar-refractivity contribution < 1.29 is 0 Å². The van der Waals surface area contributed by atoms with Crippen molar-refractivity contribution in [3.63, 3.8) is 0 Å². The van der Waals surface area contributed by atoms with Gasteiger partial charge in [-0.15, -0.1) is 11.6 Å². The predicted molar refractivity (Wildman–Crippen MR) is 79.1 cm³/mol. The molecule has 0 fully saturated rings. The Labute approximate surface area is 118 Å². The number of anilines is 1. The Bertz CT molecular complexity index is 353. The number of hydrogen-bond donors (Lipinski definition) is 0. The Morgan fingerprint density at radius 3 is 2.59 bits per heavy atom. The first-order valence-corrected chi connectivity index (χ1v) is 7.42. The van der Waals surface area contributed by atoms with Gasteiger partial charge in [-0.05, 0) is 47.3 Å². The Balaban J connectivity index is 3.08. The van der Waals surface area contributed by atoms with Gasteiger partial charge in [0.2, 0.25) is 0 Å². The summed E-state index contributed by atoms with van der Waals surface area (Å²) in [6.45, 7) is 7.34. The molecule has 0 unspecified atom stereocenters. The standard InChI is InChI=1S/C13H20BrClN2/c1-4-11(5-2)17(9-7-15)13-12(14)10(3)6-8-16-13/h6,8,11H,4-5,7,9H2,1-3H3. The Morgan fingerprint density at radius 2 is 2.06 bits per heavy atom. The van der Waals surface area contributed by atoms with Crippen molar-refractivity contribution in [2.75, 3.05) is 17.3 Å². The highest BCUT2D eigenvalue weighted by Gasteiger charge is 2.19. The van der Waals surface area contributed by atoms with E-state index in [9.17, 15) is 0 Å². The number of nitrogens with zero attached hydrogens (tertiary/aromatic N) is 2.